The molecule has 2 aliphatic heterocycles. The van der Waals surface area contributed by atoms with E-state index in [4.69, 9.17) is 0 Å². The number of nitrogens with one attached hydrogen (secondary N) is 1. The Morgan fingerprint density at radius 3 is 2.92 bits per heavy atom. The van der Waals surface area contributed by atoms with Gasteiger partial charge in [-0.05, 0) is 32.4 Å². The summed E-state index contributed by atoms with van der Waals surface area (Å²) in [6, 6.07) is 1.68. The van der Waals surface area contributed by atoms with Gasteiger partial charge in [0.05, 0.1) is 24.5 Å². The summed E-state index contributed by atoms with van der Waals surface area (Å²) in [6.45, 7) is 9.11. The van der Waals surface area contributed by atoms with E-state index in [0.29, 0.717) is 19.5 Å². The lowest BCUT2D eigenvalue weighted by molar-refractivity contribution is -0.136. The van der Waals surface area contributed by atoms with Crippen molar-refractivity contribution in [3.8, 4) is 0 Å². The Bertz CT molecular complexity index is 627. The van der Waals surface area contributed by atoms with Crippen molar-refractivity contribution in [1.29, 1.82) is 0 Å². The molecule has 138 valence electrons. The normalized spacial score (nSPS) is 19.1. The SMILES string of the molecule is CCCCN1CCn2nc(CNC(=O)[C@H](C)N3CCCC3=O)cc2C1. The van der Waals surface area contributed by atoms with Crippen LogP contribution >= 0.6 is 0 Å². The molecule has 1 aromatic heterocycles. The van der Waals surface area contributed by atoms with Crippen molar-refractivity contribution in [1.82, 2.24) is 24.9 Å². The van der Waals surface area contributed by atoms with E-state index in [1.165, 1.54) is 18.5 Å². The van der Waals surface area contributed by atoms with Gasteiger partial charge in [-0.3, -0.25) is 19.2 Å². The van der Waals surface area contributed by atoms with Crippen LogP contribution in [0.3, 0.4) is 0 Å². The number of likely N-dealkylation sites (tertiary alicyclic amines) is 1. The summed E-state index contributed by atoms with van der Waals surface area (Å²) in [5.74, 6) is -0.0296. The molecule has 1 N–H and O–H groups in total. The standard InChI is InChI=1S/C18H29N5O2/c1-3-4-7-21-9-10-23-16(13-21)11-15(20-23)12-19-18(25)14(2)22-8-5-6-17(22)24/h11,14H,3-10,12-13H2,1-2H3,(H,19,25)/t14-/m0/s1. The number of carbonyl (C=O) groups is 2. The van der Waals surface area contributed by atoms with Gasteiger partial charge in [-0.2, -0.15) is 5.10 Å². The van der Waals surface area contributed by atoms with Gasteiger partial charge in [-0.25, -0.2) is 0 Å². The minimum atomic E-state index is -0.406. The first-order chi connectivity index (χ1) is 12.1. The number of aromatic nitrogens is 2. The second kappa shape index (κ2) is 7.99. The third-order valence-electron chi connectivity index (χ3n) is 5.16. The Morgan fingerprint density at radius 2 is 2.20 bits per heavy atom. The van der Waals surface area contributed by atoms with Crippen molar-refractivity contribution in [3.05, 3.63) is 17.5 Å². The van der Waals surface area contributed by atoms with Crippen LogP contribution in [0.2, 0.25) is 0 Å². The summed E-state index contributed by atoms with van der Waals surface area (Å²) in [5, 5.41) is 7.53. The second-order valence-corrected chi connectivity index (χ2v) is 7.06. The first kappa shape index (κ1) is 17.9. The number of rotatable bonds is 7. The van der Waals surface area contributed by atoms with E-state index in [-0.39, 0.29) is 11.8 Å². The van der Waals surface area contributed by atoms with Gasteiger partial charge in [-0.1, -0.05) is 13.3 Å². The molecule has 3 rings (SSSR count). The highest BCUT2D eigenvalue weighted by molar-refractivity contribution is 5.88. The van der Waals surface area contributed by atoms with E-state index in [1.54, 1.807) is 11.8 Å². The number of amides is 2. The average molecular weight is 347 g/mol. The molecular formula is C18H29N5O2. The van der Waals surface area contributed by atoms with Gasteiger partial charge < -0.3 is 10.2 Å². The third-order valence-corrected chi connectivity index (χ3v) is 5.16. The topological polar surface area (TPSA) is 70.5 Å². The summed E-state index contributed by atoms with van der Waals surface area (Å²) >= 11 is 0. The highest BCUT2D eigenvalue weighted by Crippen LogP contribution is 2.15. The lowest BCUT2D eigenvalue weighted by Gasteiger charge is -2.27. The lowest BCUT2D eigenvalue weighted by Crippen LogP contribution is -2.45. The van der Waals surface area contributed by atoms with E-state index in [2.05, 4.69) is 33.0 Å². The maximum atomic E-state index is 12.3. The van der Waals surface area contributed by atoms with Crippen LogP contribution in [0.15, 0.2) is 6.07 Å². The number of unbranched alkanes of at least 4 members (excludes halogenated alkanes) is 1. The number of nitrogens with zero attached hydrogens (tertiary/aromatic N) is 4. The predicted octanol–water partition coefficient (Wildman–Crippen LogP) is 1.13. The smallest absolute Gasteiger partial charge is 0.242 e. The Balaban J connectivity index is 1.52. The number of fused-ring (bicyclic) bond motifs is 1. The molecule has 0 saturated carbocycles. The fourth-order valence-electron chi connectivity index (χ4n) is 3.58. The number of carbonyl (C=O) groups excluding carboxylic acids is 2. The summed E-state index contributed by atoms with van der Waals surface area (Å²) in [7, 11) is 0. The van der Waals surface area contributed by atoms with Gasteiger partial charge in [0.2, 0.25) is 11.8 Å². The average Bonchev–Trinajstić information content (AvgIpc) is 3.22. The zero-order valence-corrected chi connectivity index (χ0v) is 15.3. The summed E-state index contributed by atoms with van der Waals surface area (Å²) in [4.78, 5) is 28.2. The van der Waals surface area contributed by atoms with E-state index >= 15 is 0 Å². The minimum Gasteiger partial charge on any atom is -0.349 e. The highest BCUT2D eigenvalue weighted by atomic mass is 16.2. The fraction of sp³-hybridized carbons (Fsp3) is 0.722. The predicted molar refractivity (Wildman–Crippen MR) is 94.7 cm³/mol. The Morgan fingerprint density at radius 1 is 1.36 bits per heavy atom. The lowest BCUT2D eigenvalue weighted by atomic mass is 10.2. The molecule has 0 aromatic carbocycles. The van der Waals surface area contributed by atoms with Crippen LogP contribution in [-0.4, -0.2) is 57.1 Å². The molecule has 1 fully saturated rings. The Labute approximate surface area is 149 Å². The van der Waals surface area contributed by atoms with Gasteiger partial charge in [0, 0.05) is 26.1 Å². The van der Waals surface area contributed by atoms with Crippen LogP contribution in [0.25, 0.3) is 0 Å². The molecule has 1 atom stereocenters. The highest BCUT2D eigenvalue weighted by Gasteiger charge is 2.29. The van der Waals surface area contributed by atoms with E-state index < -0.39 is 6.04 Å². The Kier molecular flexibility index (Phi) is 5.73. The van der Waals surface area contributed by atoms with Crippen molar-refractivity contribution in [2.75, 3.05) is 19.6 Å². The minimum absolute atomic E-state index is 0.0762. The quantitative estimate of drug-likeness (QED) is 0.803. The third kappa shape index (κ3) is 4.21. The van der Waals surface area contributed by atoms with Gasteiger partial charge in [0.25, 0.3) is 0 Å². The first-order valence-corrected chi connectivity index (χ1v) is 9.43. The van der Waals surface area contributed by atoms with Crippen LogP contribution in [0.5, 0.6) is 0 Å². The van der Waals surface area contributed by atoms with E-state index in [9.17, 15) is 9.59 Å². The van der Waals surface area contributed by atoms with Crippen LogP contribution in [0.4, 0.5) is 0 Å². The molecule has 25 heavy (non-hydrogen) atoms. The van der Waals surface area contributed by atoms with Gasteiger partial charge in [-0.15, -0.1) is 0 Å². The van der Waals surface area contributed by atoms with Crippen molar-refractivity contribution in [2.45, 2.75) is 65.2 Å². The summed E-state index contributed by atoms with van der Waals surface area (Å²) < 4.78 is 2.05. The molecule has 0 radical (unpaired) electrons. The fourth-order valence-corrected chi connectivity index (χ4v) is 3.58. The second-order valence-electron chi connectivity index (χ2n) is 7.06. The zero-order valence-electron chi connectivity index (χ0n) is 15.3. The number of hydrogen-bond acceptors (Lipinski definition) is 4. The van der Waals surface area contributed by atoms with Crippen LogP contribution in [0.1, 0.15) is 50.9 Å². The Hall–Kier alpha value is -1.89. The maximum Gasteiger partial charge on any atom is 0.242 e. The molecule has 2 aliphatic rings. The molecule has 2 amide bonds. The van der Waals surface area contributed by atoms with Gasteiger partial charge >= 0.3 is 0 Å². The monoisotopic (exact) mass is 347 g/mol. The zero-order chi connectivity index (χ0) is 17.8. The van der Waals surface area contributed by atoms with E-state index in [1.807, 2.05) is 0 Å². The number of hydrogen-bond donors (Lipinski definition) is 1. The summed E-state index contributed by atoms with van der Waals surface area (Å²) in [5.41, 5.74) is 2.11. The molecule has 7 nitrogen and oxygen atoms in total. The molecule has 1 aromatic rings. The van der Waals surface area contributed by atoms with Crippen LogP contribution in [-0.2, 0) is 29.2 Å². The molecular weight excluding hydrogens is 318 g/mol. The molecule has 7 heteroatoms. The van der Waals surface area contributed by atoms with Gasteiger partial charge in [0.15, 0.2) is 0 Å². The van der Waals surface area contributed by atoms with Crippen molar-refractivity contribution in [2.24, 2.45) is 0 Å². The van der Waals surface area contributed by atoms with Crippen molar-refractivity contribution in [3.63, 3.8) is 0 Å². The molecule has 0 unspecified atom stereocenters. The van der Waals surface area contributed by atoms with Gasteiger partial charge in [0.1, 0.15) is 6.04 Å². The molecule has 0 spiro atoms. The van der Waals surface area contributed by atoms with Crippen molar-refractivity contribution >= 4 is 11.8 Å². The molecule has 0 bridgehead atoms. The molecule has 3 heterocycles. The largest absolute Gasteiger partial charge is 0.349 e. The molecule has 1 saturated heterocycles. The maximum absolute atomic E-state index is 12.3. The van der Waals surface area contributed by atoms with Crippen LogP contribution in [0, 0.1) is 0 Å². The van der Waals surface area contributed by atoms with Crippen LogP contribution < -0.4 is 5.32 Å². The summed E-state index contributed by atoms with van der Waals surface area (Å²) in [6.07, 6.45) is 3.84. The van der Waals surface area contributed by atoms with Crippen molar-refractivity contribution < 1.29 is 9.59 Å². The first-order valence-electron chi connectivity index (χ1n) is 9.43. The van der Waals surface area contributed by atoms with E-state index in [0.717, 1.165) is 38.3 Å². The molecule has 0 aliphatic carbocycles.